The van der Waals surface area contributed by atoms with Crippen molar-refractivity contribution in [2.45, 2.75) is 18.9 Å². The van der Waals surface area contributed by atoms with Gasteiger partial charge in [-0.2, -0.15) is 0 Å². The van der Waals surface area contributed by atoms with Gasteiger partial charge in [0.1, 0.15) is 5.82 Å². The molecule has 1 atom stereocenters. The van der Waals surface area contributed by atoms with Crippen molar-refractivity contribution >= 4 is 34.5 Å². The zero-order chi connectivity index (χ0) is 15.1. The van der Waals surface area contributed by atoms with E-state index in [1.807, 2.05) is 5.38 Å². The van der Waals surface area contributed by atoms with Gasteiger partial charge in [-0.1, -0.05) is 11.6 Å². The Morgan fingerprint density at radius 2 is 2.24 bits per heavy atom. The summed E-state index contributed by atoms with van der Waals surface area (Å²) < 4.78 is 13.4. The second-order valence-electron chi connectivity index (χ2n) is 5.15. The van der Waals surface area contributed by atoms with Crippen molar-refractivity contribution in [3.8, 4) is 0 Å². The summed E-state index contributed by atoms with van der Waals surface area (Å²) in [7, 11) is 1.73. The van der Waals surface area contributed by atoms with Gasteiger partial charge in [0.2, 0.25) is 5.91 Å². The average Bonchev–Trinajstić information content (AvgIpc) is 2.83. The van der Waals surface area contributed by atoms with Crippen LogP contribution in [0.15, 0.2) is 23.6 Å². The molecule has 0 radical (unpaired) electrons. The topological polar surface area (TPSA) is 46.3 Å². The van der Waals surface area contributed by atoms with Crippen LogP contribution in [-0.2, 0) is 17.6 Å². The molecule has 21 heavy (non-hydrogen) atoms. The minimum absolute atomic E-state index is 0.0903. The van der Waals surface area contributed by atoms with Crippen molar-refractivity contribution in [3.63, 3.8) is 0 Å². The molecule has 110 valence electrons. The normalized spacial score (nSPS) is 18.0. The monoisotopic (exact) mass is 324 g/mol. The van der Waals surface area contributed by atoms with Crippen LogP contribution in [0, 0.1) is 5.82 Å². The lowest BCUT2D eigenvalue weighted by atomic mass is 10.00. The number of nitrogens with zero attached hydrogens (tertiary/aromatic N) is 1. The number of amides is 1. The molecule has 1 aliphatic heterocycles. The maximum absolute atomic E-state index is 13.4. The highest BCUT2D eigenvalue weighted by atomic mass is 35.5. The molecule has 0 unspecified atom stereocenters. The predicted molar refractivity (Wildman–Crippen MR) is 83.6 cm³/mol. The second kappa shape index (κ2) is 5.40. The number of halogens is 2. The van der Waals surface area contributed by atoms with Crippen LogP contribution in [0.1, 0.15) is 16.0 Å². The highest BCUT2D eigenvalue weighted by Crippen LogP contribution is 2.37. The van der Waals surface area contributed by atoms with Crippen molar-refractivity contribution in [3.05, 3.63) is 50.4 Å². The number of likely N-dealkylation sites (N-methyl/N-ethyl adjacent to an activating group) is 1. The number of nitrogens with two attached hydrogens (primary N) is 1. The second-order valence-corrected chi connectivity index (χ2v) is 6.52. The highest BCUT2D eigenvalue weighted by Gasteiger charge is 2.31. The molecule has 2 N–H and O–H groups in total. The fourth-order valence-corrected chi connectivity index (χ4v) is 3.95. The molecule has 1 aliphatic rings. The van der Waals surface area contributed by atoms with Gasteiger partial charge >= 0.3 is 0 Å². The molecule has 6 heteroatoms. The van der Waals surface area contributed by atoms with Crippen molar-refractivity contribution < 1.29 is 9.18 Å². The number of hydrogen-bond acceptors (Lipinski definition) is 3. The molecule has 0 bridgehead atoms. The van der Waals surface area contributed by atoms with Crippen LogP contribution in [0.4, 0.5) is 10.1 Å². The maximum atomic E-state index is 13.4. The van der Waals surface area contributed by atoms with E-state index in [1.165, 1.54) is 12.1 Å². The third-order valence-electron chi connectivity index (χ3n) is 3.69. The lowest BCUT2D eigenvalue weighted by Gasteiger charge is -2.28. The van der Waals surface area contributed by atoms with Crippen LogP contribution in [-0.4, -0.2) is 19.0 Å². The van der Waals surface area contributed by atoms with Crippen LogP contribution in [0.25, 0.3) is 0 Å². The number of anilines is 1. The average molecular weight is 325 g/mol. The van der Waals surface area contributed by atoms with Crippen molar-refractivity contribution in [1.82, 2.24) is 0 Å². The van der Waals surface area contributed by atoms with E-state index < -0.39 is 6.04 Å². The summed E-state index contributed by atoms with van der Waals surface area (Å²) >= 11 is 7.70. The summed E-state index contributed by atoms with van der Waals surface area (Å²) in [5.74, 6) is -0.405. The third kappa shape index (κ3) is 2.57. The Kier molecular flexibility index (Phi) is 3.73. The summed E-state index contributed by atoms with van der Waals surface area (Å²) in [4.78, 5) is 14.7. The van der Waals surface area contributed by atoms with E-state index in [0.29, 0.717) is 23.4 Å². The van der Waals surface area contributed by atoms with Crippen LogP contribution in [0.3, 0.4) is 0 Å². The predicted octanol–water partition coefficient (Wildman–Crippen LogP) is 2.98. The van der Waals surface area contributed by atoms with E-state index in [0.717, 1.165) is 16.1 Å². The van der Waals surface area contributed by atoms with Crippen LogP contribution >= 0.6 is 22.9 Å². The molecule has 0 aliphatic carbocycles. The van der Waals surface area contributed by atoms with E-state index in [9.17, 15) is 9.18 Å². The van der Waals surface area contributed by atoms with E-state index in [1.54, 1.807) is 29.4 Å². The van der Waals surface area contributed by atoms with Crippen LogP contribution in [0.5, 0.6) is 0 Å². The van der Waals surface area contributed by atoms with E-state index in [2.05, 4.69) is 0 Å². The number of thiophene rings is 1. The molecule has 1 aromatic heterocycles. The van der Waals surface area contributed by atoms with Gasteiger partial charge in [-0.25, -0.2) is 4.39 Å². The number of hydrogen-bond donors (Lipinski definition) is 1. The Morgan fingerprint density at radius 3 is 3.00 bits per heavy atom. The molecule has 0 saturated carbocycles. The van der Waals surface area contributed by atoms with Crippen molar-refractivity contribution in [2.75, 3.05) is 11.9 Å². The maximum Gasteiger partial charge on any atom is 0.244 e. The summed E-state index contributed by atoms with van der Waals surface area (Å²) in [6.07, 6.45) is 1.05. The van der Waals surface area contributed by atoms with E-state index >= 15 is 0 Å². The van der Waals surface area contributed by atoms with Crippen molar-refractivity contribution in [1.29, 1.82) is 0 Å². The number of carbonyl (C=O) groups is 1. The van der Waals surface area contributed by atoms with Gasteiger partial charge in [0.15, 0.2) is 0 Å². The fraction of sp³-hybridized carbons (Fsp3) is 0.267. The minimum Gasteiger partial charge on any atom is -0.320 e. The molecule has 0 spiro atoms. The standard InChI is InChI=1S/C15H14ClFN2OS/c1-19-14-9(4-8-5-10(17)2-3-11(8)16)7-21-13(14)6-12(18)15(19)20/h2-3,5,7,12H,4,6,18H2,1H3/t12-/m1/s1. The highest BCUT2D eigenvalue weighted by molar-refractivity contribution is 7.10. The van der Waals surface area contributed by atoms with E-state index in [-0.39, 0.29) is 11.7 Å². The molecule has 2 heterocycles. The number of carbonyl (C=O) groups excluding carboxylic acids is 1. The number of fused-ring (bicyclic) bond motifs is 1. The smallest absolute Gasteiger partial charge is 0.244 e. The van der Waals surface area contributed by atoms with Gasteiger partial charge in [-0.15, -0.1) is 11.3 Å². The molecule has 1 aromatic carbocycles. The molecule has 3 nitrogen and oxygen atoms in total. The fourth-order valence-electron chi connectivity index (χ4n) is 2.64. The zero-order valence-corrected chi connectivity index (χ0v) is 13.0. The Labute approximate surface area is 131 Å². The summed E-state index contributed by atoms with van der Waals surface area (Å²) in [6, 6.07) is 3.84. The molecule has 1 amide bonds. The largest absolute Gasteiger partial charge is 0.320 e. The quantitative estimate of drug-likeness (QED) is 0.923. The molecule has 3 rings (SSSR count). The van der Waals surface area contributed by atoms with Gasteiger partial charge in [0, 0.05) is 29.8 Å². The Bertz CT molecular complexity index is 716. The van der Waals surface area contributed by atoms with Crippen LogP contribution < -0.4 is 10.6 Å². The molecular formula is C15H14ClFN2OS. The Morgan fingerprint density at radius 1 is 1.48 bits per heavy atom. The van der Waals surface area contributed by atoms with Crippen LogP contribution in [0.2, 0.25) is 5.02 Å². The van der Waals surface area contributed by atoms with Gasteiger partial charge in [0.05, 0.1) is 11.7 Å². The lowest BCUT2D eigenvalue weighted by molar-refractivity contribution is -0.119. The molecular weight excluding hydrogens is 311 g/mol. The molecule has 0 saturated heterocycles. The Balaban J connectivity index is 1.99. The molecule has 2 aromatic rings. The summed E-state index contributed by atoms with van der Waals surface area (Å²) in [5, 5.41) is 2.52. The van der Waals surface area contributed by atoms with Gasteiger partial charge in [-0.05, 0) is 34.7 Å². The lowest BCUT2D eigenvalue weighted by Crippen LogP contribution is -2.46. The first-order valence-corrected chi connectivity index (χ1v) is 7.79. The molecule has 0 fully saturated rings. The number of benzene rings is 1. The van der Waals surface area contributed by atoms with Gasteiger partial charge in [-0.3, -0.25) is 4.79 Å². The third-order valence-corrected chi connectivity index (χ3v) is 5.10. The van der Waals surface area contributed by atoms with Crippen molar-refractivity contribution in [2.24, 2.45) is 5.73 Å². The summed E-state index contributed by atoms with van der Waals surface area (Å²) in [6.45, 7) is 0. The zero-order valence-electron chi connectivity index (χ0n) is 11.4. The Hall–Kier alpha value is -1.43. The first kappa shape index (κ1) is 14.5. The van der Waals surface area contributed by atoms with Gasteiger partial charge < -0.3 is 10.6 Å². The SMILES string of the molecule is CN1C(=O)[C@H](N)Cc2scc(Cc3cc(F)ccc3Cl)c21. The van der Waals surface area contributed by atoms with Gasteiger partial charge in [0.25, 0.3) is 0 Å². The first-order chi connectivity index (χ1) is 9.97. The first-order valence-electron chi connectivity index (χ1n) is 6.53. The summed E-state index contributed by atoms with van der Waals surface area (Å²) in [5.41, 5.74) is 8.42. The number of rotatable bonds is 2. The minimum atomic E-state index is -0.480. The van der Waals surface area contributed by atoms with E-state index in [4.69, 9.17) is 17.3 Å².